The van der Waals surface area contributed by atoms with Crippen LogP contribution in [0.15, 0.2) is 58.1 Å². The highest BCUT2D eigenvalue weighted by molar-refractivity contribution is 5.99. The molecule has 7 heteroatoms. The van der Waals surface area contributed by atoms with Crippen molar-refractivity contribution < 1.29 is 14.4 Å². The van der Waals surface area contributed by atoms with Crippen LogP contribution in [-0.4, -0.2) is 32.2 Å². The van der Waals surface area contributed by atoms with E-state index < -0.39 is 12.4 Å². The molecule has 0 spiro atoms. The number of fused-ring (bicyclic) bond motifs is 1. The van der Waals surface area contributed by atoms with Gasteiger partial charge in [-0.3, -0.25) is 14.2 Å². The van der Waals surface area contributed by atoms with E-state index in [1.807, 2.05) is 32.0 Å². The number of aliphatic hydroxyl groups excluding tert-OH is 1. The quantitative estimate of drug-likeness (QED) is 0.497. The normalized spacial score (nSPS) is 11.2. The summed E-state index contributed by atoms with van der Waals surface area (Å²) in [6, 6.07) is 12.8. The number of hydrogen-bond acceptors (Lipinski definition) is 6. The van der Waals surface area contributed by atoms with Crippen molar-refractivity contribution in [2.24, 2.45) is 0 Å². The van der Waals surface area contributed by atoms with E-state index in [1.165, 1.54) is 17.0 Å². The van der Waals surface area contributed by atoms with Gasteiger partial charge in [0.15, 0.2) is 5.78 Å². The number of benzene rings is 2. The molecule has 0 amide bonds. The fourth-order valence-electron chi connectivity index (χ4n) is 3.61. The average Bonchev–Trinajstić information content (AvgIpc) is 3.10. The zero-order chi connectivity index (χ0) is 21.3. The summed E-state index contributed by atoms with van der Waals surface area (Å²) in [5.41, 5.74) is 4.54. The number of nitrogens with zero attached hydrogens (tertiary/aromatic N) is 3. The van der Waals surface area contributed by atoms with Gasteiger partial charge in [-0.2, -0.15) is 0 Å². The molecule has 152 valence electrons. The summed E-state index contributed by atoms with van der Waals surface area (Å²) >= 11 is 0. The molecule has 0 fully saturated rings. The summed E-state index contributed by atoms with van der Waals surface area (Å²) in [7, 11) is 0. The molecule has 0 atom stereocenters. The molecule has 2 heterocycles. The van der Waals surface area contributed by atoms with Crippen molar-refractivity contribution in [2.45, 2.75) is 26.8 Å². The monoisotopic (exact) mass is 403 g/mol. The minimum Gasteiger partial charge on any atom is -0.388 e. The van der Waals surface area contributed by atoms with Crippen LogP contribution in [-0.2, 0) is 13.0 Å². The molecule has 30 heavy (non-hydrogen) atoms. The Kier molecular flexibility index (Phi) is 5.29. The Balaban J connectivity index is 1.61. The van der Waals surface area contributed by atoms with Crippen LogP contribution in [0.25, 0.3) is 22.0 Å². The predicted molar refractivity (Wildman–Crippen MR) is 113 cm³/mol. The standard InChI is InChI=1S/C23H21N3O4/c1-14-22(15(2)30-25-14)18-5-3-4-16(10-18)8-9-26-13-24-20-7-6-17(21(28)12-27)11-19(20)23(26)29/h3-7,10-11,13,27H,8-9,12H2,1-2H3. The van der Waals surface area contributed by atoms with E-state index in [0.717, 1.165) is 28.1 Å². The van der Waals surface area contributed by atoms with Crippen molar-refractivity contribution >= 4 is 16.7 Å². The van der Waals surface area contributed by atoms with Crippen LogP contribution in [0, 0.1) is 13.8 Å². The number of carbonyl (C=O) groups excluding carboxylic acids is 1. The first-order valence-corrected chi connectivity index (χ1v) is 9.63. The van der Waals surface area contributed by atoms with E-state index in [-0.39, 0.29) is 5.56 Å². The lowest BCUT2D eigenvalue weighted by molar-refractivity contribution is 0.0904. The third kappa shape index (κ3) is 3.67. The van der Waals surface area contributed by atoms with Gasteiger partial charge in [0.25, 0.3) is 5.56 Å². The Morgan fingerprint density at radius 1 is 1.17 bits per heavy atom. The Morgan fingerprint density at radius 3 is 2.73 bits per heavy atom. The summed E-state index contributed by atoms with van der Waals surface area (Å²) in [5.74, 6) is 0.343. The van der Waals surface area contributed by atoms with Gasteiger partial charge in [-0.1, -0.05) is 29.4 Å². The highest BCUT2D eigenvalue weighted by Gasteiger charge is 2.12. The molecule has 4 aromatic rings. The van der Waals surface area contributed by atoms with Crippen LogP contribution < -0.4 is 5.56 Å². The second kappa shape index (κ2) is 8.04. The van der Waals surface area contributed by atoms with Gasteiger partial charge < -0.3 is 9.63 Å². The van der Waals surface area contributed by atoms with Gasteiger partial charge in [0, 0.05) is 17.7 Å². The second-order valence-corrected chi connectivity index (χ2v) is 7.21. The van der Waals surface area contributed by atoms with E-state index in [0.29, 0.717) is 29.4 Å². The summed E-state index contributed by atoms with van der Waals surface area (Å²) < 4.78 is 6.81. The van der Waals surface area contributed by atoms with Crippen LogP contribution >= 0.6 is 0 Å². The largest absolute Gasteiger partial charge is 0.388 e. The van der Waals surface area contributed by atoms with E-state index >= 15 is 0 Å². The molecule has 7 nitrogen and oxygen atoms in total. The first kappa shape index (κ1) is 19.7. The Hall–Kier alpha value is -3.58. The van der Waals surface area contributed by atoms with Crippen LogP contribution in [0.5, 0.6) is 0 Å². The molecular weight excluding hydrogens is 382 g/mol. The fourth-order valence-corrected chi connectivity index (χ4v) is 3.61. The van der Waals surface area contributed by atoms with Gasteiger partial charge >= 0.3 is 0 Å². The summed E-state index contributed by atoms with van der Waals surface area (Å²) in [6.07, 6.45) is 2.16. The Morgan fingerprint density at radius 2 is 2.00 bits per heavy atom. The van der Waals surface area contributed by atoms with Crippen molar-refractivity contribution in [1.29, 1.82) is 0 Å². The SMILES string of the molecule is Cc1noc(C)c1-c1cccc(CCn2cnc3ccc(C(=O)CO)cc3c2=O)c1. The minimum absolute atomic E-state index is 0.213. The van der Waals surface area contributed by atoms with Gasteiger partial charge in [0.05, 0.1) is 22.9 Å². The van der Waals surface area contributed by atoms with Crippen molar-refractivity contribution in [3.63, 3.8) is 0 Å². The smallest absolute Gasteiger partial charge is 0.261 e. The lowest BCUT2D eigenvalue weighted by atomic mass is 10.0. The summed E-state index contributed by atoms with van der Waals surface area (Å²) in [4.78, 5) is 29.0. The summed E-state index contributed by atoms with van der Waals surface area (Å²) in [6.45, 7) is 3.65. The molecule has 0 aliphatic heterocycles. The van der Waals surface area contributed by atoms with E-state index in [1.54, 1.807) is 12.1 Å². The molecule has 0 aliphatic rings. The topological polar surface area (TPSA) is 98.2 Å². The number of ketones is 1. The minimum atomic E-state index is -0.596. The number of Topliss-reactive ketones (excluding diaryl/α,β-unsaturated/α-hetero) is 1. The van der Waals surface area contributed by atoms with Gasteiger partial charge in [-0.25, -0.2) is 4.98 Å². The first-order chi connectivity index (χ1) is 14.5. The molecule has 0 saturated heterocycles. The van der Waals surface area contributed by atoms with Crippen LogP contribution in [0.3, 0.4) is 0 Å². The number of aromatic nitrogens is 3. The van der Waals surface area contributed by atoms with Crippen LogP contribution in [0.4, 0.5) is 0 Å². The summed E-state index contributed by atoms with van der Waals surface area (Å²) in [5, 5.41) is 13.4. The molecule has 4 rings (SSSR count). The number of aryl methyl sites for hydroxylation is 4. The maximum atomic E-state index is 12.9. The van der Waals surface area contributed by atoms with Crippen LogP contribution in [0.1, 0.15) is 27.4 Å². The molecule has 2 aromatic carbocycles. The molecule has 1 N–H and O–H groups in total. The lowest BCUT2D eigenvalue weighted by Gasteiger charge is -2.09. The highest BCUT2D eigenvalue weighted by atomic mass is 16.5. The Labute approximate surface area is 172 Å². The van der Waals surface area contributed by atoms with Crippen LogP contribution in [0.2, 0.25) is 0 Å². The maximum Gasteiger partial charge on any atom is 0.261 e. The molecule has 0 saturated carbocycles. The molecular formula is C23H21N3O4. The maximum absolute atomic E-state index is 12.9. The molecule has 0 aliphatic carbocycles. The van der Waals surface area contributed by atoms with Gasteiger partial charge in [-0.15, -0.1) is 0 Å². The fraction of sp³-hybridized carbons (Fsp3) is 0.217. The number of carbonyl (C=O) groups is 1. The van der Waals surface area contributed by atoms with Gasteiger partial charge in [0.2, 0.25) is 0 Å². The molecule has 0 radical (unpaired) electrons. The third-order valence-electron chi connectivity index (χ3n) is 5.18. The zero-order valence-electron chi connectivity index (χ0n) is 16.8. The first-order valence-electron chi connectivity index (χ1n) is 9.63. The van der Waals surface area contributed by atoms with Crippen molar-refractivity contribution in [3.8, 4) is 11.1 Å². The molecule has 0 unspecified atom stereocenters. The second-order valence-electron chi connectivity index (χ2n) is 7.21. The Bertz CT molecular complexity index is 1280. The van der Waals surface area contributed by atoms with Crippen molar-refractivity contribution in [1.82, 2.24) is 14.7 Å². The average molecular weight is 403 g/mol. The highest BCUT2D eigenvalue weighted by Crippen LogP contribution is 2.27. The zero-order valence-corrected chi connectivity index (χ0v) is 16.8. The van der Waals surface area contributed by atoms with Gasteiger partial charge in [0.1, 0.15) is 12.4 Å². The van der Waals surface area contributed by atoms with Crippen molar-refractivity contribution in [2.75, 3.05) is 6.61 Å². The molecule has 2 aromatic heterocycles. The number of aliphatic hydroxyl groups is 1. The van der Waals surface area contributed by atoms with Crippen molar-refractivity contribution in [3.05, 3.63) is 81.7 Å². The third-order valence-corrected chi connectivity index (χ3v) is 5.18. The van der Waals surface area contributed by atoms with E-state index in [2.05, 4.69) is 16.2 Å². The number of rotatable bonds is 6. The number of hydrogen-bond donors (Lipinski definition) is 1. The van der Waals surface area contributed by atoms with E-state index in [4.69, 9.17) is 9.63 Å². The molecule has 0 bridgehead atoms. The van der Waals surface area contributed by atoms with E-state index in [9.17, 15) is 9.59 Å². The predicted octanol–water partition coefficient (Wildman–Crippen LogP) is 3.09. The van der Waals surface area contributed by atoms with Gasteiger partial charge in [-0.05, 0) is 49.6 Å². The lowest BCUT2D eigenvalue weighted by Crippen LogP contribution is -2.22.